The molecule has 2 atom stereocenters. The van der Waals surface area contributed by atoms with Gasteiger partial charge in [0, 0.05) is 13.1 Å². The van der Waals surface area contributed by atoms with Gasteiger partial charge in [0.05, 0.1) is 0 Å². The fraction of sp³-hybridized carbons (Fsp3) is 0.909. The molecule has 0 bridgehead atoms. The molecular weight excluding hydrogens is 176 g/mol. The summed E-state index contributed by atoms with van der Waals surface area (Å²) in [5, 5.41) is 6.42. The van der Waals surface area contributed by atoms with Crippen molar-refractivity contribution in [2.75, 3.05) is 13.1 Å². The minimum Gasteiger partial charge on any atom is -0.353 e. The van der Waals surface area contributed by atoms with Crippen LogP contribution in [0.1, 0.15) is 33.6 Å². The summed E-state index contributed by atoms with van der Waals surface area (Å²) >= 11 is 0. The van der Waals surface area contributed by atoms with Crippen molar-refractivity contribution in [3.8, 4) is 0 Å². The number of hydrogen-bond donors (Lipinski definition) is 2. The highest BCUT2D eigenvalue weighted by Gasteiger charge is 2.60. The summed E-state index contributed by atoms with van der Waals surface area (Å²) in [6.45, 7) is 8.28. The minimum absolute atomic E-state index is 0.210. The maximum atomic E-state index is 11.9. The number of amides is 1. The Morgan fingerprint density at radius 1 is 1.43 bits per heavy atom. The van der Waals surface area contributed by atoms with Gasteiger partial charge in [-0.1, -0.05) is 20.8 Å². The van der Waals surface area contributed by atoms with Crippen LogP contribution in [0.4, 0.5) is 0 Å². The number of carbonyl (C=O) groups excluding carboxylic acids is 1. The highest BCUT2D eigenvalue weighted by molar-refractivity contribution is 5.88. The van der Waals surface area contributed by atoms with Crippen molar-refractivity contribution in [2.24, 2.45) is 11.3 Å². The molecule has 0 radical (unpaired) electrons. The van der Waals surface area contributed by atoms with E-state index in [2.05, 4.69) is 31.4 Å². The summed E-state index contributed by atoms with van der Waals surface area (Å²) in [5.41, 5.74) is 0.0689. The molecule has 1 aliphatic carbocycles. The molecule has 1 heterocycles. The van der Waals surface area contributed by atoms with Gasteiger partial charge in [0.15, 0.2) is 0 Å². The van der Waals surface area contributed by atoms with Crippen LogP contribution in [0.5, 0.6) is 0 Å². The number of rotatable bonds is 2. The summed E-state index contributed by atoms with van der Waals surface area (Å²) in [5.74, 6) is 0.724. The van der Waals surface area contributed by atoms with E-state index in [4.69, 9.17) is 0 Å². The number of hydrogen-bond acceptors (Lipinski definition) is 2. The van der Waals surface area contributed by atoms with Gasteiger partial charge in [-0.05, 0) is 24.2 Å². The molecule has 1 saturated carbocycles. The SMILES string of the molecule is CCC1(C2CC2(C)C)NCCNC1=O. The van der Waals surface area contributed by atoms with Crippen LogP contribution in [0, 0.1) is 11.3 Å². The van der Waals surface area contributed by atoms with E-state index >= 15 is 0 Å². The molecule has 0 spiro atoms. The molecule has 2 rings (SSSR count). The molecule has 2 unspecified atom stereocenters. The minimum atomic E-state index is -0.276. The van der Waals surface area contributed by atoms with E-state index in [-0.39, 0.29) is 11.4 Å². The van der Waals surface area contributed by atoms with Gasteiger partial charge in [-0.15, -0.1) is 0 Å². The Hall–Kier alpha value is -0.570. The van der Waals surface area contributed by atoms with Crippen molar-refractivity contribution in [1.29, 1.82) is 0 Å². The zero-order valence-corrected chi connectivity index (χ0v) is 9.31. The predicted octanol–water partition coefficient (Wildman–Crippen LogP) is 0.901. The molecule has 2 N–H and O–H groups in total. The van der Waals surface area contributed by atoms with E-state index in [0.29, 0.717) is 11.3 Å². The predicted molar refractivity (Wildman–Crippen MR) is 55.9 cm³/mol. The summed E-state index contributed by atoms with van der Waals surface area (Å²) in [4.78, 5) is 11.9. The third-order valence-corrected chi connectivity index (χ3v) is 3.92. The van der Waals surface area contributed by atoms with Gasteiger partial charge in [-0.25, -0.2) is 0 Å². The third-order valence-electron chi connectivity index (χ3n) is 3.92. The molecule has 1 saturated heterocycles. The van der Waals surface area contributed by atoms with Gasteiger partial charge in [-0.2, -0.15) is 0 Å². The van der Waals surface area contributed by atoms with Crippen LogP contribution in [0.2, 0.25) is 0 Å². The smallest absolute Gasteiger partial charge is 0.240 e. The first kappa shape index (κ1) is 9.97. The zero-order valence-electron chi connectivity index (χ0n) is 9.31. The van der Waals surface area contributed by atoms with Crippen LogP contribution in [0.15, 0.2) is 0 Å². The van der Waals surface area contributed by atoms with Gasteiger partial charge >= 0.3 is 0 Å². The second kappa shape index (κ2) is 2.96. The molecule has 0 aromatic carbocycles. The van der Waals surface area contributed by atoms with Crippen molar-refractivity contribution >= 4 is 5.91 Å². The van der Waals surface area contributed by atoms with Crippen LogP contribution in [0.25, 0.3) is 0 Å². The maximum Gasteiger partial charge on any atom is 0.240 e. The second-order valence-electron chi connectivity index (χ2n) is 5.25. The Balaban J connectivity index is 2.20. The van der Waals surface area contributed by atoms with Crippen molar-refractivity contribution < 1.29 is 4.79 Å². The molecule has 1 amide bonds. The Labute approximate surface area is 85.6 Å². The molecule has 2 fully saturated rings. The molecule has 1 aliphatic heterocycles. The van der Waals surface area contributed by atoms with Gasteiger partial charge in [0.1, 0.15) is 5.54 Å². The fourth-order valence-electron chi connectivity index (χ4n) is 2.82. The van der Waals surface area contributed by atoms with E-state index in [0.717, 1.165) is 19.5 Å². The van der Waals surface area contributed by atoms with E-state index in [1.165, 1.54) is 6.42 Å². The monoisotopic (exact) mass is 196 g/mol. The van der Waals surface area contributed by atoms with Gasteiger partial charge < -0.3 is 10.6 Å². The van der Waals surface area contributed by atoms with Crippen LogP contribution >= 0.6 is 0 Å². The average molecular weight is 196 g/mol. The number of nitrogens with one attached hydrogen (secondary N) is 2. The Bertz CT molecular complexity index is 262. The molecular formula is C11H20N2O. The van der Waals surface area contributed by atoms with Gasteiger partial charge in [-0.3, -0.25) is 4.79 Å². The molecule has 3 heteroatoms. The average Bonchev–Trinajstić information content (AvgIpc) is 2.77. The topological polar surface area (TPSA) is 41.1 Å². The highest BCUT2D eigenvalue weighted by atomic mass is 16.2. The van der Waals surface area contributed by atoms with Crippen molar-refractivity contribution in [1.82, 2.24) is 10.6 Å². The standard InChI is InChI=1S/C11H20N2O/c1-4-11(8-7-10(8,2)3)9(14)12-5-6-13-11/h8,13H,4-7H2,1-3H3,(H,12,14). The normalized spacial score (nSPS) is 40.5. The molecule has 0 aromatic heterocycles. The maximum absolute atomic E-state index is 11.9. The number of carbonyl (C=O) groups is 1. The van der Waals surface area contributed by atoms with Gasteiger partial charge in [0.25, 0.3) is 0 Å². The van der Waals surface area contributed by atoms with E-state index in [1.54, 1.807) is 0 Å². The quantitative estimate of drug-likeness (QED) is 0.689. The van der Waals surface area contributed by atoms with Crippen molar-refractivity contribution in [3.63, 3.8) is 0 Å². The summed E-state index contributed by atoms with van der Waals surface area (Å²) in [6, 6.07) is 0. The van der Waals surface area contributed by atoms with Crippen LogP contribution < -0.4 is 10.6 Å². The lowest BCUT2D eigenvalue weighted by molar-refractivity contribution is -0.130. The van der Waals surface area contributed by atoms with E-state index in [9.17, 15) is 4.79 Å². The summed E-state index contributed by atoms with van der Waals surface area (Å²) < 4.78 is 0. The van der Waals surface area contributed by atoms with Crippen molar-refractivity contribution in [2.45, 2.75) is 39.2 Å². The lowest BCUT2D eigenvalue weighted by atomic mass is 9.84. The zero-order chi connectivity index (χ0) is 10.4. The van der Waals surface area contributed by atoms with Crippen LogP contribution in [-0.2, 0) is 4.79 Å². The van der Waals surface area contributed by atoms with E-state index < -0.39 is 0 Å². The molecule has 80 valence electrons. The lowest BCUT2D eigenvalue weighted by Crippen LogP contribution is -2.64. The van der Waals surface area contributed by atoms with Gasteiger partial charge in [0.2, 0.25) is 5.91 Å². The Morgan fingerprint density at radius 3 is 2.50 bits per heavy atom. The number of piperazine rings is 1. The fourth-order valence-corrected chi connectivity index (χ4v) is 2.82. The molecule has 2 aliphatic rings. The molecule has 3 nitrogen and oxygen atoms in total. The largest absolute Gasteiger partial charge is 0.353 e. The Morgan fingerprint density at radius 2 is 2.07 bits per heavy atom. The molecule has 14 heavy (non-hydrogen) atoms. The first-order valence-electron chi connectivity index (χ1n) is 5.56. The summed E-state index contributed by atoms with van der Waals surface area (Å²) in [6.07, 6.45) is 2.06. The first-order valence-corrected chi connectivity index (χ1v) is 5.56. The third kappa shape index (κ3) is 1.26. The second-order valence-corrected chi connectivity index (χ2v) is 5.25. The van der Waals surface area contributed by atoms with Crippen LogP contribution in [-0.4, -0.2) is 24.5 Å². The highest BCUT2D eigenvalue weighted by Crippen LogP contribution is 2.58. The first-order chi connectivity index (χ1) is 6.53. The molecule has 0 aromatic rings. The van der Waals surface area contributed by atoms with Crippen LogP contribution in [0.3, 0.4) is 0 Å². The van der Waals surface area contributed by atoms with E-state index in [1.807, 2.05) is 0 Å². The van der Waals surface area contributed by atoms with Crippen molar-refractivity contribution in [3.05, 3.63) is 0 Å². The Kier molecular flexibility index (Phi) is 2.11. The summed E-state index contributed by atoms with van der Waals surface area (Å²) in [7, 11) is 0. The lowest BCUT2D eigenvalue weighted by Gasteiger charge is -2.38.